The van der Waals surface area contributed by atoms with E-state index in [-0.39, 0.29) is 24.4 Å². The smallest absolute Gasteiger partial charge is 0.307 e. The van der Waals surface area contributed by atoms with E-state index in [9.17, 15) is 9.59 Å². The fourth-order valence-electron chi connectivity index (χ4n) is 1.50. The predicted octanol–water partition coefficient (Wildman–Crippen LogP) is -0.0899. The van der Waals surface area contributed by atoms with E-state index in [2.05, 4.69) is 0 Å². The summed E-state index contributed by atoms with van der Waals surface area (Å²) in [5.41, 5.74) is 4.99. The van der Waals surface area contributed by atoms with Crippen LogP contribution < -0.4 is 5.73 Å². The van der Waals surface area contributed by atoms with Gasteiger partial charge in [0.05, 0.1) is 11.8 Å². The van der Waals surface area contributed by atoms with Gasteiger partial charge in [0.2, 0.25) is 5.91 Å². The van der Waals surface area contributed by atoms with Gasteiger partial charge >= 0.3 is 5.97 Å². The molecule has 0 aromatic carbocycles. The number of aliphatic hydroxyl groups is 2. The minimum absolute atomic E-state index is 0.210. The van der Waals surface area contributed by atoms with Gasteiger partial charge in [-0.2, -0.15) is 0 Å². The zero-order chi connectivity index (χ0) is 10.9. The van der Waals surface area contributed by atoms with Gasteiger partial charge in [-0.25, -0.2) is 0 Å². The summed E-state index contributed by atoms with van der Waals surface area (Å²) in [5.74, 6) is -4.72. The second-order valence-corrected chi connectivity index (χ2v) is 3.26. The lowest BCUT2D eigenvalue weighted by atomic mass is 9.81. The van der Waals surface area contributed by atoms with E-state index in [4.69, 9.17) is 21.1 Å². The van der Waals surface area contributed by atoms with E-state index in [1.807, 2.05) is 0 Å². The largest absolute Gasteiger partial charge is 0.509 e. The number of hydrogen-bond acceptors (Lipinski definition) is 4. The Labute approximate surface area is 79.6 Å². The average Bonchev–Trinajstić information content (AvgIpc) is 2.08. The van der Waals surface area contributed by atoms with E-state index in [1.54, 1.807) is 0 Å². The summed E-state index contributed by atoms with van der Waals surface area (Å²) in [6.07, 6.45) is -0.465. The first-order valence-corrected chi connectivity index (χ1v) is 4.05. The summed E-state index contributed by atoms with van der Waals surface area (Å²) in [6.45, 7) is 0. The van der Waals surface area contributed by atoms with Crippen LogP contribution >= 0.6 is 0 Å². The molecule has 0 aliphatic heterocycles. The molecule has 0 saturated carbocycles. The molecular weight excluding hydrogens is 190 g/mol. The zero-order valence-electron chi connectivity index (χ0n) is 7.30. The molecule has 6 nitrogen and oxygen atoms in total. The molecule has 6 heteroatoms. The molecule has 2 unspecified atom stereocenters. The van der Waals surface area contributed by atoms with Crippen molar-refractivity contribution in [3.8, 4) is 0 Å². The van der Waals surface area contributed by atoms with Crippen molar-refractivity contribution in [2.45, 2.75) is 12.8 Å². The van der Waals surface area contributed by atoms with Crippen molar-refractivity contribution in [3.63, 3.8) is 0 Å². The second kappa shape index (κ2) is 3.57. The van der Waals surface area contributed by atoms with Crippen molar-refractivity contribution in [1.29, 1.82) is 0 Å². The van der Waals surface area contributed by atoms with Crippen molar-refractivity contribution in [3.05, 3.63) is 11.5 Å². The number of carboxylic acid groups (broad SMARTS) is 1. The molecule has 0 bridgehead atoms. The molecule has 0 fully saturated rings. The normalized spacial score (nSPS) is 27.4. The van der Waals surface area contributed by atoms with Crippen LogP contribution in [-0.4, -0.2) is 27.2 Å². The van der Waals surface area contributed by atoms with Crippen LogP contribution in [0.4, 0.5) is 0 Å². The van der Waals surface area contributed by atoms with Crippen LogP contribution in [-0.2, 0) is 9.59 Å². The van der Waals surface area contributed by atoms with Gasteiger partial charge in [-0.1, -0.05) is 0 Å². The van der Waals surface area contributed by atoms with E-state index < -0.39 is 23.7 Å². The van der Waals surface area contributed by atoms with Gasteiger partial charge in [-0.15, -0.1) is 0 Å². The molecule has 78 valence electrons. The van der Waals surface area contributed by atoms with Gasteiger partial charge in [0.1, 0.15) is 11.5 Å². The lowest BCUT2D eigenvalue weighted by Crippen LogP contribution is -2.37. The topological polar surface area (TPSA) is 121 Å². The van der Waals surface area contributed by atoms with Crippen LogP contribution in [0.25, 0.3) is 0 Å². The van der Waals surface area contributed by atoms with Crippen molar-refractivity contribution < 1.29 is 24.9 Å². The number of carboxylic acids is 1. The fraction of sp³-hybridized carbons (Fsp3) is 0.500. The molecule has 0 saturated heterocycles. The number of aliphatic carboxylic acids is 1. The molecule has 1 aliphatic carbocycles. The molecule has 1 rings (SSSR count). The minimum Gasteiger partial charge on any atom is -0.509 e. The van der Waals surface area contributed by atoms with Crippen LogP contribution in [0, 0.1) is 11.8 Å². The summed E-state index contributed by atoms with van der Waals surface area (Å²) in [7, 11) is 0. The Morgan fingerprint density at radius 3 is 1.93 bits per heavy atom. The third kappa shape index (κ3) is 1.78. The number of amides is 1. The summed E-state index contributed by atoms with van der Waals surface area (Å²) < 4.78 is 0. The molecule has 5 N–H and O–H groups in total. The Morgan fingerprint density at radius 2 is 1.57 bits per heavy atom. The van der Waals surface area contributed by atoms with E-state index in [0.717, 1.165) is 0 Å². The standard InChI is InChI=1S/C8H11NO5/c9-7(12)3-1-5(10)6(11)2-4(3)8(13)14/h3-4,10-11H,1-2H2,(H2,9,12)(H,13,14). The predicted molar refractivity (Wildman–Crippen MR) is 45.3 cm³/mol. The summed E-state index contributed by atoms with van der Waals surface area (Å²) >= 11 is 0. The number of allylic oxidation sites excluding steroid dienone is 2. The number of carbonyl (C=O) groups is 2. The quantitative estimate of drug-likeness (QED) is 0.497. The maximum atomic E-state index is 10.9. The second-order valence-electron chi connectivity index (χ2n) is 3.26. The van der Waals surface area contributed by atoms with Crippen molar-refractivity contribution >= 4 is 11.9 Å². The molecule has 0 spiro atoms. The Morgan fingerprint density at radius 1 is 1.14 bits per heavy atom. The first kappa shape index (κ1) is 10.4. The molecule has 0 aromatic heterocycles. The van der Waals surface area contributed by atoms with E-state index in [1.165, 1.54) is 0 Å². The van der Waals surface area contributed by atoms with Gasteiger partial charge in [0.15, 0.2) is 0 Å². The van der Waals surface area contributed by atoms with Crippen LogP contribution in [0.5, 0.6) is 0 Å². The van der Waals surface area contributed by atoms with Gasteiger partial charge in [0.25, 0.3) is 0 Å². The van der Waals surface area contributed by atoms with E-state index in [0.29, 0.717) is 0 Å². The molecule has 0 heterocycles. The molecule has 2 atom stereocenters. The molecular formula is C8H11NO5. The van der Waals surface area contributed by atoms with Crippen LogP contribution in [0.15, 0.2) is 11.5 Å². The SMILES string of the molecule is NC(=O)C1CC(O)=C(O)CC1C(=O)O. The monoisotopic (exact) mass is 201 g/mol. The van der Waals surface area contributed by atoms with Gasteiger partial charge in [-0.05, 0) is 0 Å². The molecule has 0 radical (unpaired) electrons. The van der Waals surface area contributed by atoms with Crippen LogP contribution in [0.1, 0.15) is 12.8 Å². The van der Waals surface area contributed by atoms with Gasteiger partial charge in [-0.3, -0.25) is 9.59 Å². The van der Waals surface area contributed by atoms with Gasteiger partial charge in [0, 0.05) is 12.8 Å². The number of primary amides is 1. The first-order valence-electron chi connectivity index (χ1n) is 4.05. The molecule has 14 heavy (non-hydrogen) atoms. The van der Waals surface area contributed by atoms with Crippen molar-refractivity contribution in [2.75, 3.05) is 0 Å². The highest BCUT2D eigenvalue weighted by molar-refractivity contribution is 5.84. The number of aliphatic hydroxyl groups excluding tert-OH is 2. The first-order chi connectivity index (χ1) is 6.43. The fourth-order valence-corrected chi connectivity index (χ4v) is 1.50. The number of carbonyl (C=O) groups excluding carboxylic acids is 1. The van der Waals surface area contributed by atoms with E-state index >= 15 is 0 Å². The minimum atomic E-state index is -1.20. The van der Waals surface area contributed by atoms with Gasteiger partial charge < -0.3 is 21.1 Å². The third-order valence-corrected chi connectivity index (χ3v) is 2.33. The third-order valence-electron chi connectivity index (χ3n) is 2.33. The van der Waals surface area contributed by atoms with Crippen molar-refractivity contribution in [1.82, 2.24) is 0 Å². The maximum absolute atomic E-state index is 10.9. The highest BCUT2D eigenvalue weighted by atomic mass is 16.4. The lowest BCUT2D eigenvalue weighted by molar-refractivity contribution is -0.147. The molecule has 1 amide bonds. The number of nitrogens with two attached hydrogens (primary N) is 1. The summed E-state index contributed by atoms with van der Waals surface area (Å²) in [4.78, 5) is 21.6. The van der Waals surface area contributed by atoms with Crippen LogP contribution in [0.3, 0.4) is 0 Å². The van der Waals surface area contributed by atoms with Crippen LogP contribution in [0.2, 0.25) is 0 Å². The highest BCUT2D eigenvalue weighted by Crippen LogP contribution is 2.32. The zero-order valence-corrected chi connectivity index (χ0v) is 7.30. The molecule has 1 aliphatic rings. The average molecular weight is 201 g/mol. The molecule has 0 aromatic rings. The van der Waals surface area contributed by atoms with Crippen molar-refractivity contribution in [2.24, 2.45) is 17.6 Å². The lowest BCUT2D eigenvalue weighted by Gasteiger charge is -2.25. The summed E-state index contributed by atoms with van der Waals surface area (Å²) in [5, 5.41) is 27.0. The highest BCUT2D eigenvalue weighted by Gasteiger charge is 2.38. The Balaban J connectivity index is 2.95. The Bertz CT molecular complexity index is 279. The maximum Gasteiger partial charge on any atom is 0.307 e. The number of rotatable bonds is 2. The summed E-state index contributed by atoms with van der Waals surface area (Å²) in [6, 6.07) is 0. The number of hydrogen-bond donors (Lipinski definition) is 4. The Hall–Kier alpha value is -1.72. The Kier molecular flexibility index (Phi) is 2.64.